The van der Waals surface area contributed by atoms with E-state index in [1.54, 1.807) is 19.1 Å². The molecule has 2 heterocycles. The van der Waals surface area contributed by atoms with Crippen LogP contribution in [0.4, 0.5) is 0 Å². The summed E-state index contributed by atoms with van der Waals surface area (Å²) in [5, 5.41) is 7.08. The summed E-state index contributed by atoms with van der Waals surface area (Å²) >= 11 is 0. The molecule has 3 aromatic rings. The highest BCUT2D eigenvalue weighted by Crippen LogP contribution is 2.37. The minimum Gasteiger partial charge on any atom is -0.352 e. The Balaban J connectivity index is 1.50. The van der Waals surface area contributed by atoms with Gasteiger partial charge in [0.15, 0.2) is 5.82 Å². The molecule has 0 spiro atoms. The Morgan fingerprint density at radius 1 is 1.03 bits per heavy atom. The molecule has 0 aliphatic carbocycles. The third-order valence-electron chi connectivity index (χ3n) is 7.22. The first-order valence-corrected chi connectivity index (χ1v) is 12.2. The monoisotopic (exact) mass is 474 g/mol. The Kier molecular flexibility index (Phi) is 6.79. The fourth-order valence-electron chi connectivity index (χ4n) is 4.40. The van der Waals surface area contributed by atoms with Crippen molar-refractivity contribution in [2.24, 2.45) is 5.41 Å². The van der Waals surface area contributed by atoms with Gasteiger partial charge in [0.1, 0.15) is 0 Å². The van der Waals surface area contributed by atoms with E-state index in [4.69, 9.17) is 4.52 Å². The zero-order valence-corrected chi connectivity index (χ0v) is 21.2. The molecule has 0 radical (unpaired) electrons. The van der Waals surface area contributed by atoms with E-state index in [-0.39, 0.29) is 23.3 Å². The van der Waals surface area contributed by atoms with Gasteiger partial charge in [-0.3, -0.25) is 9.59 Å². The highest BCUT2D eigenvalue weighted by atomic mass is 16.5. The molecular formula is C28H34N4O3. The zero-order chi connectivity index (χ0) is 25.2. The second kappa shape index (κ2) is 9.64. The van der Waals surface area contributed by atoms with Crippen molar-refractivity contribution in [2.75, 3.05) is 13.1 Å². The van der Waals surface area contributed by atoms with Crippen LogP contribution in [0.2, 0.25) is 0 Å². The van der Waals surface area contributed by atoms with E-state index < -0.39 is 5.41 Å². The molecule has 0 bridgehead atoms. The number of benzene rings is 2. The fraction of sp³-hybridized carbons (Fsp3) is 0.429. The Hall–Kier alpha value is -3.48. The van der Waals surface area contributed by atoms with Crippen LogP contribution in [0.3, 0.4) is 0 Å². The van der Waals surface area contributed by atoms with Crippen LogP contribution in [0.25, 0.3) is 11.5 Å². The second-order valence-corrected chi connectivity index (χ2v) is 10.5. The standard InChI is InChI=1S/C28H34N4O3/c1-19(27(3,4)5)29-26(34)28(23-9-7-6-8-10-23)15-17-32(18-16-28)25(33)22-13-11-21(12-14-22)24-30-20(2)31-35-24/h6-14,19H,15-18H2,1-5H3,(H,29,34)/t19-/m0/s1. The molecule has 0 unspecified atom stereocenters. The molecule has 7 nitrogen and oxygen atoms in total. The predicted octanol–water partition coefficient (Wildman–Crippen LogP) is 4.77. The molecule has 1 N–H and O–H groups in total. The number of hydrogen-bond acceptors (Lipinski definition) is 5. The Morgan fingerprint density at radius 3 is 2.20 bits per heavy atom. The average Bonchev–Trinajstić information content (AvgIpc) is 3.30. The number of aromatic nitrogens is 2. The van der Waals surface area contributed by atoms with Gasteiger partial charge in [-0.15, -0.1) is 0 Å². The zero-order valence-electron chi connectivity index (χ0n) is 21.2. The lowest BCUT2D eigenvalue weighted by Gasteiger charge is -2.42. The summed E-state index contributed by atoms with van der Waals surface area (Å²) in [7, 11) is 0. The lowest BCUT2D eigenvalue weighted by Crippen LogP contribution is -2.55. The van der Waals surface area contributed by atoms with E-state index in [0.29, 0.717) is 43.2 Å². The first kappa shape index (κ1) is 24.6. The van der Waals surface area contributed by atoms with E-state index in [2.05, 4.69) is 43.2 Å². The van der Waals surface area contributed by atoms with Crippen LogP contribution < -0.4 is 5.32 Å². The van der Waals surface area contributed by atoms with Gasteiger partial charge in [0.2, 0.25) is 5.91 Å². The van der Waals surface area contributed by atoms with Gasteiger partial charge in [0.05, 0.1) is 5.41 Å². The summed E-state index contributed by atoms with van der Waals surface area (Å²) in [5.41, 5.74) is 1.68. The number of piperidine rings is 1. The molecule has 1 saturated heterocycles. The molecule has 0 saturated carbocycles. The van der Waals surface area contributed by atoms with Gasteiger partial charge in [-0.05, 0) is 61.9 Å². The minimum atomic E-state index is -0.656. The maximum absolute atomic E-state index is 13.7. The van der Waals surface area contributed by atoms with Crippen molar-refractivity contribution in [1.29, 1.82) is 0 Å². The number of rotatable bonds is 5. The Labute approximate surface area is 206 Å². The normalized spacial score (nSPS) is 16.5. The SMILES string of the molecule is Cc1noc(-c2ccc(C(=O)N3CCC(C(=O)N[C@@H](C)C(C)(C)C)(c4ccccc4)CC3)cc2)n1. The van der Waals surface area contributed by atoms with Gasteiger partial charge in [-0.2, -0.15) is 4.98 Å². The van der Waals surface area contributed by atoms with Gasteiger partial charge in [0, 0.05) is 30.3 Å². The molecule has 1 atom stereocenters. The topological polar surface area (TPSA) is 88.3 Å². The van der Waals surface area contributed by atoms with Crippen molar-refractivity contribution in [3.63, 3.8) is 0 Å². The summed E-state index contributed by atoms with van der Waals surface area (Å²) in [4.78, 5) is 33.0. The summed E-state index contributed by atoms with van der Waals surface area (Å²) in [5.74, 6) is 1.000. The third-order valence-corrected chi connectivity index (χ3v) is 7.22. The summed E-state index contributed by atoms with van der Waals surface area (Å²) in [6.45, 7) is 11.2. The van der Waals surface area contributed by atoms with Crippen molar-refractivity contribution in [2.45, 2.75) is 58.9 Å². The number of nitrogens with zero attached hydrogens (tertiary/aromatic N) is 3. The van der Waals surface area contributed by atoms with Crippen molar-refractivity contribution >= 4 is 11.8 Å². The molecule has 2 amide bonds. The number of nitrogens with one attached hydrogen (secondary N) is 1. The minimum absolute atomic E-state index is 0.0244. The molecule has 1 aliphatic heterocycles. The maximum atomic E-state index is 13.7. The Morgan fingerprint density at radius 2 is 1.66 bits per heavy atom. The van der Waals surface area contributed by atoms with E-state index in [1.165, 1.54) is 0 Å². The maximum Gasteiger partial charge on any atom is 0.257 e. The number of hydrogen-bond donors (Lipinski definition) is 1. The largest absolute Gasteiger partial charge is 0.352 e. The number of carbonyl (C=O) groups is 2. The molecule has 4 rings (SSSR count). The lowest BCUT2D eigenvalue weighted by molar-refractivity contribution is -0.129. The van der Waals surface area contributed by atoms with Crippen LogP contribution >= 0.6 is 0 Å². The summed E-state index contributed by atoms with van der Waals surface area (Å²) in [6.07, 6.45) is 1.15. The van der Waals surface area contributed by atoms with Crippen LogP contribution in [-0.2, 0) is 10.2 Å². The molecular weight excluding hydrogens is 440 g/mol. The van der Waals surface area contributed by atoms with Crippen LogP contribution in [0.15, 0.2) is 59.1 Å². The summed E-state index contributed by atoms with van der Waals surface area (Å²) < 4.78 is 5.21. The van der Waals surface area contributed by atoms with Crippen molar-refractivity contribution in [1.82, 2.24) is 20.4 Å². The molecule has 35 heavy (non-hydrogen) atoms. The Bertz CT molecular complexity index is 1170. The fourth-order valence-corrected chi connectivity index (χ4v) is 4.40. The van der Waals surface area contributed by atoms with E-state index in [1.807, 2.05) is 47.4 Å². The first-order valence-electron chi connectivity index (χ1n) is 12.2. The van der Waals surface area contributed by atoms with E-state index in [9.17, 15) is 9.59 Å². The number of likely N-dealkylation sites (tertiary alicyclic amines) is 1. The van der Waals surface area contributed by atoms with Gasteiger partial charge in [-0.1, -0.05) is 56.3 Å². The molecule has 1 aliphatic rings. The van der Waals surface area contributed by atoms with Crippen LogP contribution in [0, 0.1) is 12.3 Å². The van der Waals surface area contributed by atoms with Crippen LogP contribution in [0.1, 0.15) is 62.3 Å². The van der Waals surface area contributed by atoms with Crippen LogP contribution in [-0.4, -0.2) is 46.0 Å². The quantitative estimate of drug-likeness (QED) is 0.575. The third kappa shape index (κ3) is 5.14. The van der Waals surface area contributed by atoms with Gasteiger partial charge >= 0.3 is 0 Å². The second-order valence-electron chi connectivity index (χ2n) is 10.5. The average molecular weight is 475 g/mol. The van der Waals surface area contributed by atoms with Crippen molar-refractivity contribution in [3.8, 4) is 11.5 Å². The predicted molar refractivity (Wildman–Crippen MR) is 135 cm³/mol. The highest BCUT2D eigenvalue weighted by Gasteiger charge is 2.44. The van der Waals surface area contributed by atoms with E-state index in [0.717, 1.165) is 11.1 Å². The summed E-state index contributed by atoms with van der Waals surface area (Å²) in [6, 6.07) is 17.2. The first-order chi connectivity index (χ1) is 16.6. The molecule has 1 aromatic heterocycles. The highest BCUT2D eigenvalue weighted by molar-refractivity contribution is 5.95. The molecule has 184 valence electrons. The molecule has 7 heteroatoms. The smallest absolute Gasteiger partial charge is 0.257 e. The number of carbonyl (C=O) groups excluding carboxylic acids is 2. The molecule has 2 aromatic carbocycles. The van der Waals surface area contributed by atoms with Gasteiger partial charge in [-0.25, -0.2) is 0 Å². The molecule has 1 fully saturated rings. The number of amides is 2. The van der Waals surface area contributed by atoms with E-state index >= 15 is 0 Å². The van der Waals surface area contributed by atoms with Crippen molar-refractivity contribution in [3.05, 3.63) is 71.5 Å². The van der Waals surface area contributed by atoms with Crippen LogP contribution in [0.5, 0.6) is 0 Å². The van der Waals surface area contributed by atoms with Gasteiger partial charge in [0.25, 0.3) is 11.8 Å². The van der Waals surface area contributed by atoms with Gasteiger partial charge < -0.3 is 14.7 Å². The van der Waals surface area contributed by atoms with Crippen molar-refractivity contribution < 1.29 is 14.1 Å². The number of aryl methyl sites for hydroxylation is 1. The lowest BCUT2D eigenvalue weighted by atomic mass is 9.71.